The zero-order valence-corrected chi connectivity index (χ0v) is 16.9. The number of para-hydroxylation sites is 1. The van der Waals surface area contributed by atoms with E-state index in [9.17, 15) is 14.4 Å². The second-order valence-electron chi connectivity index (χ2n) is 6.68. The molecule has 0 spiro atoms. The van der Waals surface area contributed by atoms with E-state index in [2.05, 4.69) is 10.4 Å². The zero-order chi connectivity index (χ0) is 21.0. The maximum Gasteiger partial charge on any atom is 0.352 e. The predicted molar refractivity (Wildman–Crippen MR) is 112 cm³/mol. The maximum atomic E-state index is 13.0. The van der Waals surface area contributed by atoms with Crippen molar-refractivity contribution in [3.05, 3.63) is 91.7 Å². The standard InChI is InChI=1S/C21H21ClN4O3/c1-3-14(2)23-19(27)18-20(28)25(13-15-8-7-9-16(22)12-15)21(29)26(24-18)17-10-5-4-6-11-17/h4-12,14H,3,13H2,1-2H3,(H,23,27)/t14-/m1/s1. The van der Waals surface area contributed by atoms with E-state index in [4.69, 9.17) is 11.6 Å². The first-order chi connectivity index (χ1) is 13.9. The summed E-state index contributed by atoms with van der Waals surface area (Å²) in [5.41, 5.74) is -0.606. The Morgan fingerprint density at radius 1 is 1.14 bits per heavy atom. The van der Waals surface area contributed by atoms with Crippen LogP contribution in [-0.2, 0) is 6.54 Å². The smallest absolute Gasteiger partial charge is 0.348 e. The Morgan fingerprint density at radius 3 is 2.52 bits per heavy atom. The average Bonchev–Trinajstić information content (AvgIpc) is 2.71. The zero-order valence-electron chi connectivity index (χ0n) is 16.1. The third kappa shape index (κ3) is 4.63. The van der Waals surface area contributed by atoms with Crippen molar-refractivity contribution in [3.63, 3.8) is 0 Å². The van der Waals surface area contributed by atoms with E-state index in [-0.39, 0.29) is 18.3 Å². The van der Waals surface area contributed by atoms with Crippen molar-refractivity contribution in [2.75, 3.05) is 0 Å². The van der Waals surface area contributed by atoms with Crippen molar-refractivity contribution < 1.29 is 4.79 Å². The minimum absolute atomic E-state index is 0.0306. The molecular weight excluding hydrogens is 392 g/mol. The summed E-state index contributed by atoms with van der Waals surface area (Å²) in [5, 5.41) is 7.30. The third-order valence-electron chi connectivity index (χ3n) is 4.50. The lowest BCUT2D eigenvalue weighted by molar-refractivity contribution is 0.0929. The number of hydrogen-bond donors (Lipinski definition) is 1. The van der Waals surface area contributed by atoms with Crippen molar-refractivity contribution in [1.29, 1.82) is 0 Å². The van der Waals surface area contributed by atoms with Gasteiger partial charge in [-0.1, -0.05) is 48.9 Å². The van der Waals surface area contributed by atoms with Crippen LogP contribution < -0.4 is 16.6 Å². The number of nitrogens with one attached hydrogen (secondary N) is 1. The van der Waals surface area contributed by atoms with E-state index in [1.165, 1.54) is 0 Å². The lowest BCUT2D eigenvalue weighted by atomic mass is 10.2. The van der Waals surface area contributed by atoms with Gasteiger partial charge in [0.05, 0.1) is 12.2 Å². The van der Waals surface area contributed by atoms with Gasteiger partial charge >= 0.3 is 5.69 Å². The molecule has 3 rings (SSSR count). The van der Waals surface area contributed by atoms with Crippen LogP contribution in [-0.4, -0.2) is 26.3 Å². The Bertz CT molecular complexity index is 1140. The first-order valence-electron chi connectivity index (χ1n) is 9.25. The molecule has 8 heteroatoms. The number of hydrogen-bond acceptors (Lipinski definition) is 4. The fourth-order valence-electron chi connectivity index (χ4n) is 2.75. The Morgan fingerprint density at radius 2 is 1.86 bits per heavy atom. The van der Waals surface area contributed by atoms with Crippen molar-refractivity contribution in [1.82, 2.24) is 19.7 Å². The van der Waals surface area contributed by atoms with E-state index in [0.29, 0.717) is 22.7 Å². The summed E-state index contributed by atoms with van der Waals surface area (Å²) in [5.74, 6) is -0.617. The molecule has 29 heavy (non-hydrogen) atoms. The lowest BCUT2D eigenvalue weighted by Gasteiger charge is -2.14. The van der Waals surface area contributed by atoms with Crippen molar-refractivity contribution in [3.8, 4) is 5.69 Å². The number of rotatable bonds is 6. The van der Waals surface area contributed by atoms with Gasteiger partial charge in [-0.2, -0.15) is 9.78 Å². The molecule has 2 aromatic carbocycles. The first-order valence-corrected chi connectivity index (χ1v) is 9.63. The minimum atomic E-state index is -0.747. The average molecular weight is 413 g/mol. The Labute approximate surface area is 172 Å². The van der Waals surface area contributed by atoms with Gasteiger partial charge in [-0.3, -0.25) is 14.2 Å². The molecule has 150 valence electrons. The third-order valence-corrected chi connectivity index (χ3v) is 4.73. The topological polar surface area (TPSA) is 86.0 Å². The van der Waals surface area contributed by atoms with Crippen LogP contribution >= 0.6 is 11.6 Å². The normalized spacial score (nSPS) is 11.8. The highest BCUT2D eigenvalue weighted by Gasteiger charge is 2.21. The van der Waals surface area contributed by atoms with Gasteiger partial charge in [-0.25, -0.2) is 4.79 Å². The van der Waals surface area contributed by atoms with Crippen LogP contribution in [0.4, 0.5) is 0 Å². The van der Waals surface area contributed by atoms with Crippen molar-refractivity contribution in [2.45, 2.75) is 32.9 Å². The molecule has 1 amide bonds. The highest BCUT2D eigenvalue weighted by atomic mass is 35.5. The van der Waals surface area contributed by atoms with Gasteiger partial charge in [0, 0.05) is 11.1 Å². The van der Waals surface area contributed by atoms with Gasteiger partial charge in [0.25, 0.3) is 11.5 Å². The van der Waals surface area contributed by atoms with Crippen molar-refractivity contribution >= 4 is 17.5 Å². The molecule has 0 fully saturated rings. The molecule has 1 heterocycles. The molecule has 0 aliphatic rings. The number of nitrogens with zero attached hydrogens (tertiary/aromatic N) is 3. The number of halogens is 1. The summed E-state index contributed by atoms with van der Waals surface area (Å²) in [7, 11) is 0. The van der Waals surface area contributed by atoms with Gasteiger partial charge in [-0.15, -0.1) is 0 Å². The van der Waals surface area contributed by atoms with Gasteiger partial charge in [0.1, 0.15) is 0 Å². The minimum Gasteiger partial charge on any atom is -0.348 e. The molecule has 1 aromatic heterocycles. The summed E-state index contributed by atoms with van der Waals surface area (Å²) in [4.78, 5) is 38.7. The number of benzene rings is 2. The SMILES string of the molecule is CC[C@@H](C)NC(=O)c1nn(-c2ccccc2)c(=O)n(Cc2cccc(Cl)c2)c1=O. The van der Waals surface area contributed by atoms with Crippen LogP contribution in [0.15, 0.2) is 64.2 Å². The molecule has 1 N–H and O–H groups in total. The number of carbonyl (C=O) groups is 1. The van der Waals surface area contributed by atoms with Crippen LogP contribution in [0.1, 0.15) is 36.3 Å². The van der Waals surface area contributed by atoms with Crippen LogP contribution in [0.2, 0.25) is 5.02 Å². The van der Waals surface area contributed by atoms with Crippen molar-refractivity contribution in [2.24, 2.45) is 0 Å². The van der Waals surface area contributed by atoms with Crippen LogP contribution in [0.25, 0.3) is 5.69 Å². The highest BCUT2D eigenvalue weighted by Crippen LogP contribution is 2.11. The monoisotopic (exact) mass is 412 g/mol. The molecule has 0 radical (unpaired) electrons. The first kappa shape index (κ1) is 20.5. The predicted octanol–water partition coefficient (Wildman–Crippen LogP) is 2.62. The van der Waals surface area contributed by atoms with E-state index in [0.717, 1.165) is 9.25 Å². The number of amides is 1. The second kappa shape index (κ2) is 8.87. The summed E-state index contributed by atoms with van der Waals surface area (Å²) in [6.07, 6.45) is 0.695. The van der Waals surface area contributed by atoms with E-state index >= 15 is 0 Å². The molecule has 0 saturated carbocycles. The van der Waals surface area contributed by atoms with E-state index < -0.39 is 17.2 Å². The molecule has 1 atom stereocenters. The molecule has 0 bridgehead atoms. The number of aromatic nitrogens is 3. The van der Waals surface area contributed by atoms with Crippen LogP contribution in [0.3, 0.4) is 0 Å². The van der Waals surface area contributed by atoms with Crippen LogP contribution in [0, 0.1) is 0 Å². The summed E-state index contributed by atoms with van der Waals surface area (Å²) >= 11 is 6.03. The summed E-state index contributed by atoms with van der Waals surface area (Å²) < 4.78 is 2.06. The quantitative estimate of drug-likeness (QED) is 0.674. The molecule has 0 aliphatic heterocycles. The van der Waals surface area contributed by atoms with Gasteiger partial charge in [-0.05, 0) is 43.2 Å². The van der Waals surface area contributed by atoms with Gasteiger partial charge in [0.2, 0.25) is 5.69 Å². The molecule has 0 saturated heterocycles. The molecule has 7 nitrogen and oxygen atoms in total. The van der Waals surface area contributed by atoms with Gasteiger partial charge in [0.15, 0.2) is 0 Å². The van der Waals surface area contributed by atoms with Gasteiger partial charge < -0.3 is 5.32 Å². The largest absolute Gasteiger partial charge is 0.352 e. The second-order valence-corrected chi connectivity index (χ2v) is 7.12. The molecule has 0 unspecified atom stereocenters. The number of carbonyl (C=O) groups excluding carboxylic acids is 1. The molecule has 0 aliphatic carbocycles. The maximum absolute atomic E-state index is 13.0. The summed E-state index contributed by atoms with van der Waals surface area (Å²) in [6, 6.07) is 15.4. The Kier molecular flexibility index (Phi) is 6.29. The molecular formula is C21H21ClN4O3. The highest BCUT2D eigenvalue weighted by molar-refractivity contribution is 6.30. The Balaban J connectivity index is 2.18. The van der Waals surface area contributed by atoms with E-state index in [1.54, 1.807) is 54.6 Å². The fourth-order valence-corrected chi connectivity index (χ4v) is 2.96. The van der Waals surface area contributed by atoms with E-state index in [1.807, 2.05) is 13.8 Å². The summed E-state index contributed by atoms with van der Waals surface area (Å²) in [6.45, 7) is 3.72. The Hall–Kier alpha value is -3.19. The van der Waals surface area contributed by atoms with Crippen LogP contribution in [0.5, 0.6) is 0 Å². The fraction of sp³-hybridized carbons (Fsp3) is 0.238. The lowest BCUT2D eigenvalue weighted by Crippen LogP contribution is -2.47. The molecule has 3 aromatic rings.